The largest absolute Gasteiger partial charge is 0.462 e. The molecule has 81 heavy (non-hydrogen) atoms. The summed E-state index contributed by atoms with van der Waals surface area (Å²) in [5, 5.41) is 0. The van der Waals surface area contributed by atoms with Gasteiger partial charge in [0.25, 0.3) is 0 Å². The van der Waals surface area contributed by atoms with Crippen molar-refractivity contribution in [1.29, 1.82) is 0 Å². The van der Waals surface area contributed by atoms with Crippen LogP contribution >= 0.6 is 0 Å². The number of rotatable bonds is 61. The molecule has 0 N–H and O–H groups in total. The number of unbranched alkanes of at least 4 members (excludes halogenated alkanes) is 30. The fourth-order valence-corrected chi connectivity index (χ4v) is 9.37. The highest BCUT2D eigenvalue weighted by Crippen LogP contribution is 2.16. The number of esters is 3. The Morgan fingerprint density at radius 3 is 0.765 bits per heavy atom. The van der Waals surface area contributed by atoms with Gasteiger partial charge in [0.15, 0.2) is 6.10 Å². The van der Waals surface area contributed by atoms with E-state index in [9.17, 15) is 14.4 Å². The van der Waals surface area contributed by atoms with Gasteiger partial charge >= 0.3 is 17.9 Å². The molecule has 0 fully saturated rings. The molecular weight excluding hydrogens is 997 g/mol. The third kappa shape index (κ3) is 66.5. The molecule has 6 heteroatoms. The van der Waals surface area contributed by atoms with Crippen molar-refractivity contribution >= 4 is 17.9 Å². The zero-order chi connectivity index (χ0) is 58.5. The summed E-state index contributed by atoms with van der Waals surface area (Å²) in [6.07, 6.45) is 94.9. The average molecular weight is 1120 g/mol. The van der Waals surface area contributed by atoms with Gasteiger partial charge in [0.2, 0.25) is 0 Å². The molecule has 1 atom stereocenters. The summed E-state index contributed by atoms with van der Waals surface area (Å²) < 4.78 is 16.9. The molecule has 6 nitrogen and oxygen atoms in total. The summed E-state index contributed by atoms with van der Waals surface area (Å²) in [6, 6.07) is 0. The van der Waals surface area contributed by atoms with E-state index in [1.807, 2.05) is 0 Å². The van der Waals surface area contributed by atoms with E-state index in [2.05, 4.69) is 142 Å². The van der Waals surface area contributed by atoms with Gasteiger partial charge in [0.1, 0.15) is 13.2 Å². The second-order valence-corrected chi connectivity index (χ2v) is 22.4. The highest BCUT2D eigenvalue weighted by molar-refractivity contribution is 5.71. The van der Waals surface area contributed by atoms with Gasteiger partial charge in [-0.2, -0.15) is 0 Å². The molecule has 1 unspecified atom stereocenters. The lowest BCUT2D eigenvalue weighted by atomic mass is 10.0. The highest BCUT2D eigenvalue weighted by Gasteiger charge is 2.19. The van der Waals surface area contributed by atoms with Crippen molar-refractivity contribution in [1.82, 2.24) is 0 Å². The van der Waals surface area contributed by atoms with Crippen LogP contribution in [0.15, 0.2) is 122 Å². The SMILES string of the molecule is CC/C=C\C/C=C\C/C=C\C/C=C\C/C=C\C/C=C\C/C=C\C/C=C\CCCCCCCCC(=O)OCC(COC(=O)CCCCCCCCCCCCCCCCCC)OC(=O)CCCCCCC/C=C\C/C=C\CCCCCC. The zero-order valence-electron chi connectivity index (χ0n) is 53.0. The van der Waals surface area contributed by atoms with E-state index < -0.39 is 6.10 Å². The quantitative estimate of drug-likeness (QED) is 0.0261. The third-order valence-corrected chi connectivity index (χ3v) is 14.5. The van der Waals surface area contributed by atoms with Crippen molar-refractivity contribution in [3.63, 3.8) is 0 Å². The van der Waals surface area contributed by atoms with E-state index >= 15 is 0 Å². The van der Waals surface area contributed by atoms with Gasteiger partial charge in [0.05, 0.1) is 0 Å². The van der Waals surface area contributed by atoms with Crippen LogP contribution in [0.1, 0.15) is 316 Å². The molecule has 0 heterocycles. The van der Waals surface area contributed by atoms with Crippen LogP contribution in [0, 0.1) is 0 Å². The van der Waals surface area contributed by atoms with Crippen molar-refractivity contribution in [3.8, 4) is 0 Å². The second kappa shape index (κ2) is 68.3. The predicted molar refractivity (Wildman–Crippen MR) is 353 cm³/mol. The van der Waals surface area contributed by atoms with Crippen molar-refractivity contribution in [2.24, 2.45) is 0 Å². The molecule has 0 saturated heterocycles. The molecule has 0 spiro atoms. The Balaban J connectivity index is 4.36. The third-order valence-electron chi connectivity index (χ3n) is 14.5. The average Bonchev–Trinajstić information content (AvgIpc) is 3.47. The lowest BCUT2D eigenvalue weighted by molar-refractivity contribution is -0.167. The fourth-order valence-electron chi connectivity index (χ4n) is 9.37. The molecule has 0 aromatic rings. The van der Waals surface area contributed by atoms with Crippen LogP contribution in [-0.2, 0) is 28.6 Å². The first-order valence-electron chi connectivity index (χ1n) is 34.0. The molecule has 462 valence electrons. The molecule has 0 amide bonds. The van der Waals surface area contributed by atoms with E-state index in [0.717, 1.165) is 148 Å². The molecule has 0 aromatic heterocycles. The van der Waals surface area contributed by atoms with Crippen LogP contribution < -0.4 is 0 Å². The maximum absolute atomic E-state index is 12.9. The molecule has 0 rings (SSSR count). The summed E-state index contributed by atoms with van der Waals surface area (Å²) in [7, 11) is 0. The van der Waals surface area contributed by atoms with Gasteiger partial charge in [-0.25, -0.2) is 0 Å². The molecular formula is C75H126O6. The monoisotopic (exact) mass is 1120 g/mol. The number of hydrogen-bond donors (Lipinski definition) is 0. The standard InChI is InChI=1S/C75H126O6/c1-4-7-10-13-16-19-22-25-28-31-32-33-34-35-36-37-38-39-40-41-42-43-44-45-48-50-53-56-59-62-65-68-74(77)80-71-72(81-75(78)69-66-63-60-57-54-51-47-30-27-24-21-18-15-12-9-6-3)70-79-73(76)67-64-61-58-55-52-49-46-29-26-23-20-17-14-11-8-5-2/h7,10,16,19,21,24-25,28,30,32-33,35-36,38-39,41-42,44-45,47,72H,4-6,8-9,11-15,17-18,20,22-23,26-27,29,31,34,37,40,43,46,48-71H2,1-3H3/b10-7-,19-16-,24-21-,28-25-,33-32-,36-35-,39-38-,42-41-,45-44-,47-30-. The van der Waals surface area contributed by atoms with Crippen molar-refractivity contribution in [2.45, 2.75) is 322 Å². The Hall–Kier alpha value is -4.19. The van der Waals surface area contributed by atoms with Crippen LogP contribution in [0.5, 0.6) is 0 Å². The lowest BCUT2D eigenvalue weighted by Gasteiger charge is -2.18. The van der Waals surface area contributed by atoms with E-state index in [1.54, 1.807) is 0 Å². The molecule has 0 aromatic carbocycles. The lowest BCUT2D eigenvalue weighted by Crippen LogP contribution is -2.30. The number of carbonyl (C=O) groups is 3. The highest BCUT2D eigenvalue weighted by atomic mass is 16.6. The summed E-state index contributed by atoms with van der Waals surface area (Å²) in [5.74, 6) is -0.907. The normalized spacial score (nSPS) is 12.9. The Morgan fingerprint density at radius 2 is 0.481 bits per heavy atom. The van der Waals surface area contributed by atoms with Crippen LogP contribution in [0.4, 0.5) is 0 Å². The van der Waals surface area contributed by atoms with E-state index in [0.29, 0.717) is 19.3 Å². The first-order chi connectivity index (χ1) is 40.0. The fraction of sp³-hybridized carbons (Fsp3) is 0.693. The maximum atomic E-state index is 12.9. The molecule has 0 bridgehead atoms. The molecule has 0 radical (unpaired) electrons. The maximum Gasteiger partial charge on any atom is 0.306 e. The summed E-state index contributed by atoms with van der Waals surface area (Å²) in [6.45, 7) is 6.51. The van der Waals surface area contributed by atoms with Gasteiger partial charge in [0, 0.05) is 19.3 Å². The van der Waals surface area contributed by atoms with Crippen molar-refractivity contribution in [3.05, 3.63) is 122 Å². The number of carbonyl (C=O) groups excluding carboxylic acids is 3. The predicted octanol–water partition coefficient (Wildman–Crippen LogP) is 23.6. The minimum Gasteiger partial charge on any atom is -0.462 e. The van der Waals surface area contributed by atoms with Crippen LogP contribution in [0.25, 0.3) is 0 Å². The van der Waals surface area contributed by atoms with Gasteiger partial charge in [-0.1, -0.05) is 303 Å². The van der Waals surface area contributed by atoms with Crippen LogP contribution in [0.2, 0.25) is 0 Å². The summed E-state index contributed by atoms with van der Waals surface area (Å²) in [5.41, 5.74) is 0. The minimum absolute atomic E-state index is 0.0874. The van der Waals surface area contributed by atoms with Crippen molar-refractivity contribution in [2.75, 3.05) is 13.2 Å². The molecule has 0 aliphatic carbocycles. The minimum atomic E-state index is -0.794. The Labute approximate surface area is 501 Å². The molecule has 0 aliphatic heterocycles. The first kappa shape index (κ1) is 76.8. The van der Waals surface area contributed by atoms with Gasteiger partial charge in [-0.05, 0) is 116 Å². The number of hydrogen-bond acceptors (Lipinski definition) is 6. The zero-order valence-corrected chi connectivity index (χ0v) is 53.0. The van der Waals surface area contributed by atoms with Crippen LogP contribution in [-0.4, -0.2) is 37.2 Å². The Morgan fingerprint density at radius 1 is 0.259 bits per heavy atom. The summed E-state index contributed by atoms with van der Waals surface area (Å²) in [4.78, 5) is 38.4. The van der Waals surface area contributed by atoms with Crippen LogP contribution in [0.3, 0.4) is 0 Å². The van der Waals surface area contributed by atoms with Gasteiger partial charge in [-0.15, -0.1) is 0 Å². The smallest absolute Gasteiger partial charge is 0.306 e. The van der Waals surface area contributed by atoms with E-state index in [1.165, 1.54) is 128 Å². The number of ether oxygens (including phenoxy) is 3. The van der Waals surface area contributed by atoms with Gasteiger partial charge < -0.3 is 14.2 Å². The van der Waals surface area contributed by atoms with E-state index in [-0.39, 0.29) is 31.1 Å². The Kier molecular flexibility index (Phi) is 64.8. The van der Waals surface area contributed by atoms with Crippen molar-refractivity contribution < 1.29 is 28.6 Å². The number of allylic oxidation sites excluding steroid dienone is 20. The molecule has 0 aliphatic rings. The Bertz CT molecular complexity index is 1670. The topological polar surface area (TPSA) is 78.9 Å². The molecule has 0 saturated carbocycles. The van der Waals surface area contributed by atoms with E-state index in [4.69, 9.17) is 14.2 Å². The summed E-state index contributed by atoms with van der Waals surface area (Å²) >= 11 is 0. The second-order valence-electron chi connectivity index (χ2n) is 22.4. The van der Waals surface area contributed by atoms with Gasteiger partial charge in [-0.3, -0.25) is 14.4 Å². The first-order valence-corrected chi connectivity index (χ1v) is 34.0.